The number of halogens is 3. The molecule has 0 saturated heterocycles. The van der Waals surface area contributed by atoms with E-state index in [1.807, 2.05) is 0 Å². The third kappa shape index (κ3) is 1.27. The molecule has 82 valence electrons. The molecule has 0 fully saturated rings. The second-order valence-electron chi connectivity index (χ2n) is 2.59. The highest BCUT2D eigenvalue weighted by Gasteiger charge is 2.36. The van der Waals surface area contributed by atoms with Gasteiger partial charge < -0.3 is 14.1 Å². The van der Waals surface area contributed by atoms with E-state index in [1.54, 1.807) is 0 Å². The summed E-state index contributed by atoms with van der Waals surface area (Å²) in [6.07, 6.45) is 0. The van der Waals surface area contributed by atoms with E-state index in [2.05, 4.69) is 8.37 Å². The van der Waals surface area contributed by atoms with Gasteiger partial charge in [-0.25, -0.2) is 4.39 Å². The van der Waals surface area contributed by atoms with Crippen molar-refractivity contribution in [3.05, 3.63) is 17.5 Å². The summed E-state index contributed by atoms with van der Waals surface area (Å²) < 4.78 is 68.4. The van der Waals surface area contributed by atoms with Crippen LogP contribution in [0, 0.1) is 17.5 Å². The minimum atomic E-state index is -4.74. The van der Waals surface area contributed by atoms with Gasteiger partial charge in [-0.05, 0) is 0 Å². The Morgan fingerprint density at radius 2 is 1.40 bits per heavy atom. The maximum Gasteiger partial charge on any atom is 0.501 e. The van der Waals surface area contributed by atoms with E-state index >= 15 is 0 Å². The highest BCUT2D eigenvalue weighted by atomic mass is 32.3. The molecule has 2 bridgehead atoms. The van der Waals surface area contributed by atoms with Gasteiger partial charge in [0, 0.05) is 0 Å². The predicted molar refractivity (Wildman–Crippen MR) is 40.9 cm³/mol. The van der Waals surface area contributed by atoms with Gasteiger partial charge in [0.1, 0.15) is 5.69 Å². The molecule has 2 N–H and O–H groups in total. The maximum atomic E-state index is 13.1. The molecule has 0 radical (unpaired) electrons. The summed E-state index contributed by atoms with van der Waals surface area (Å²) in [5.74, 6) is -7.73. The highest BCUT2D eigenvalue weighted by molar-refractivity contribution is 7.82. The second-order valence-corrected chi connectivity index (χ2v) is 3.74. The van der Waals surface area contributed by atoms with Gasteiger partial charge >= 0.3 is 10.4 Å². The fraction of sp³-hybridized carbons (Fsp3) is 0. The molecule has 0 atom stereocenters. The molecule has 0 spiro atoms. The zero-order valence-corrected chi connectivity index (χ0v) is 7.57. The van der Waals surface area contributed by atoms with Crippen LogP contribution in [0.1, 0.15) is 0 Å². The van der Waals surface area contributed by atoms with Gasteiger partial charge in [-0.15, -0.1) is 8.42 Å². The molecule has 2 aliphatic rings. The summed E-state index contributed by atoms with van der Waals surface area (Å²) in [5.41, 5.74) is 4.01. The molecule has 9 heteroatoms. The number of rotatable bonds is 0. The standard InChI is InChI=1S/C6H2F3NO4S/c7-1-2(8)6-4(10)3(9)5(1)13-15(11,12)14-6/h10H2. The Morgan fingerprint density at radius 3 is 2.00 bits per heavy atom. The van der Waals surface area contributed by atoms with E-state index in [0.29, 0.717) is 0 Å². The van der Waals surface area contributed by atoms with Gasteiger partial charge in [0.05, 0.1) is 0 Å². The van der Waals surface area contributed by atoms with Crippen LogP contribution in [0.15, 0.2) is 0 Å². The van der Waals surface area contributed by atoms with Crippen LogP contribution in [-0.2, 0) is 10.4 Å². The topological polar surface area (TPSA) is 78.6 Å². The zero-order chi connectivity index (χ0) is 11.4. The molecule has 3 rings (SSSR count). The Bertz CT molecular complexity index is 484. The molecular formula is C6H2F3NO4S. The minimum Gasteiger partial charge on any atom is -0.393 e. The van der Waals surface area contributed by atoms with Gasteiger partial charge in [0.2, 0.25) is 23.1 Å². The molecule has 1 aromatic carbocycles. The summed E-state index contributed by atoms with van der Waals surface area (Å²) in [6.45, 7) is 0. The Kier molecular flexibility index (Phi) is 1.77. The van der Waals surface area contributed by atoms with Crippen LogP contribution in [0.3, 0.4) is 0 Å². The van der Waals surface area contributed by atoms with Crippen LogP contribution in [0.25, 0.3) is 0 Å². The smallest absolute Gasteiger partial charge is 0.393 e. The van der Waals surface area contributed by atoms with E-state index in [-0.39, 0.29) is 0 Å². The fourth-order valence-electron chi connectivity index (χ4n) is 1.01. The molecule has 0 aromatic heterocycles. The Balaban J connectivity index is 2.90. The Labute approximate surface area is 81.5 Å². The lowest BCUT2D eigenvalue weighted by molar-refractivity contribution is 0.387. The first kappa shape index (κ1) is 9.90. The average Bonchev–Trinajstić information content (AvgIpc) is 2.29. The van der Waals surface area contributed by atoms with Crippen molar-refractivity contribution < 1.29 is 30.0 Å². The quantitative estimate of drug-likeness (QED) is 0.534. The normalized spacial score (nSPS) is 16.7. The second kappa shape index (κ2) is 2.69. The first-order valence-corrected chi connectivity index (χ1v) is 4.76. The van der Waals surface area contributed by atoms with Gasteiger partial charge in [-0.3, -0.25) is 0 Å². The molecule has 0 aliphatic carbocycles. The van der Waals surface area contributed by atoms with Crippen LogP contribution < -0.4 is 14.1 Å². The predicted octanol–water partition coefficient (Wildman–Crippen LogP) is 0.702. The molecule has 0 unspecified atom stereocenters. The van der Waals surface area contributed by atoms with E-state index in [0.717, 1.165) is 0 Å². The third-order valence-electron chi connectivity index (χ3n) is 1.64. The minimum absolute atomic E-state index is 0.968. The van der Waals surface area contributed by atoms with Crippen molar-refractivity contribution >= 4 is 16.1 Å². The number of fused-ring (bicyclic) bond motifs is 4. The van der Waals surface area contributed by atoms with Gasteiger partial charge in [-0.2, -0.15) is 8.78 Å². The highest BCUT2D eigenvalue weighted by Crippen LogP contribution is 2.41. The summed E-state index contributed by atoms with van der Waals surface area (Å²) >= 11 is 0. The number of anilines is 1. The molecule has 0 amide bonds. The SMILES string of the molecule is Nc1c(F)c2c(F)c(F)c1OS(=O)(=O)O2. The first-order valence-electron chi connectivity index (χ1n) is 3.43. The van der Waals surface area contributed by atoms with Crippen LogP contribution in [0.5, 0.6) is 11.5 Å². The lowest BCUT2D eigenvalue weighted by atomic mass is 10.2. The maximum absolute atomic E-state index is 13.1. The molecule has 1 aromatic rings. The van der Waals surface area contributed by atoms with Crippen molar-refractivity contribution in [2.24, 2.45) is 0 Å². The van der Waals surface area contributed by atoms with Gasteiger partial charge in [0.25, 0.3) is 0 Å². The lowest BCUT2D eigenvalue weighted by Gasteiger charge is -2.02. The van der Waals surface area contributed by atoms with E-state index < -0.39 is 45.0 Å². The molecule has 5 nitrogen and oxygen atoms in total. The average molecular weight is 241 g/mol. The first-order chi connectivity index (χ1) is 6.83. The lowest BCUT2D eigenvalue weighted by Crippen LogP contribution is -2.14. The largest absolute Gasteiger partial charge is 0.501 e. The fourth-order valence-corrected chi connectivity index (χ4v) is 1.76. The monoisotopic (exact) mass is 241 g/mol. The van der Waals surface area contributed by atoms with E-state index in [1.165, 1.54) is 0 Å². The number of benzene rings is 1. The number of nitrogens with two attached hydrogens (primary N) is 1. The van der Waals surface area contributed by atoms with Crippen LogP contribution in [0.2, 0.25) is 0 Å². The number of nitrogen functional groups attached to an aromatic ring is 1. The summed E-state index contributed by atoms with van der Waals surface area (Å²) in [7, 11) is -4.74. The van der Waals surface area contributed by atoms with Crippen molar-refractivity contribution in [2.75, 3.05) is 5.73 Å². The number of hydrogen-bond acceptors (Lipinski definition) is 5. The van der Waals surface area contributed by atoms with Crippen molar-refractivity contribution in [1.82, 2.24) is 0 Å². The zero-order valence-electron chi connectivity index (χ0n) is 6.75. The molecule has 0 saturated carbocycles. The molecule has 2 aliphatic heterocycles. The van der Waals surface area contributed by atoms with Crippen molar-refractivity contribution in [1.29, 1.82) is 0 Å². The Hall–Kier alpha value is -1.64. The summed E-state index contributed by atoms with van der Waals surface area (Å²) in [6, 6.07) is 0. The molecular weight excluding hydrogens is 239 g/mol. The molecule has 2 heterocycles. The van der Waals surface area contributed by atoms with E-state index in [9.17, 15) is 21.6 Å². The van der Waals surface area contributed by atoms with Crippen LogP contribution in [0.4, 0.5) is 18.9 Å². The third-order valence-corrected chi connectivity index (χ3v) is 2.38. The number of hydrogen-bond donors (Lipinski definition) is 1. The van der Waals surface area contributed by atoms with Gasteiger partial charge in [-0.1, -0.05) is 0 Å². The summed E-state index contributed by atoms with van der Waals surface area (Å²) in [5, 5.41) is 0. The van der Waals surface area contributed by atoms with Crippen molar-refractivity contribution in [3.8, 4) is 11.5 Å². The van der Waals surface area contributed by atoms with E-state index in [4.69, 9.17) is 5.73 Å². The van der Waals surface area contributed by atoms with Gasteiger partial charge in [0.15, 0.2) is 5.82 Å². The van der Waals surface area contributed by atoms with Crippen molar-refractivity contribution in [3.63, 3.8) is 0 Å². The van der Waals surface area contributed by atoms with Crippen LogP contribution >= 0.6 is 0 Å². The molecule has 15 heavy (non-hydrogen) atoms. The van der Waals surface area contributed by atoms with Crippen molar-refractivity contribution in [2.45, 2.75) is 0 Å². The van der Waals surface area contributed by atoms with Crippen LogP contribution in [-0.4, -0.2) is 8.42 Å². The Morgan fingerprint density at radius 1 is 0.933 bits per heavy atom. The summed E-state index contributed by atoms with van der Waals surface area (Å²) in [4.78, 5) is 0.